The molecule has 2 aromatic rings. The van der Waals surface area contributed by atoms with Gasteiger partial charge in [-0.3, -0.25) is 0 Å². The van der Waals surface area contributed by atoms with Crippen LogP contribution >= 0.6 is 0 Å². The zero-order valence-electron chi connectivity index (χ0n) is 7.34. The van der Waals surface area contributed by atoms with E-state index in [0.717, 1.165) is 5.39 Å². The minimum Gasteiger partial charge on any atom is -0.409 e. The maximum absolute atomic E-state index is 8.41. The van der Waals surface area contributed by atoms with Crippen molar-refractivity contribution >= 4 is 16.8 Å². The third-order valence-electron chi connectivity index (χ3n) is 1.93. The highest BCUT2D eigenvalue weighted by atomic mass is 16.5. The van der Waals surface area contributed by atoms with Crippen LogP contribution in [0.3, 0.4) is 0 Å². The molecule has 0 atom stereocenters. The monoisotopic (exact) mass is 191 g/mol. The first-order chi connectivity index (χ1) is 6.81. The van der Waals surface area contributed by atoms with Crippen LogP contribution in [0.25, 0.3) is 11.0 Å². The number of nitrogens with two attached hydrogens (primary N) is 1. The van der Waals surface area contributed by atoms with Gasteiger partial charge in [0.2, 0.25) is 0 Å². The molecule has 5 heteroatoms. The third kappa shape index (κ3) is 1.39. The molecule has 0 radical (unpaired) electrons. The first-order valence-corrected chi connectivity index (χ1v) is 4.11. The van der Waals surface area contributed by atoms with E-state index in [2.05, 4.69) is 10.3 Å². The van der Waals surface area contributed by atoms with Crippen LogP contribution in [-0.4, -0.2) is 16.2 Å². The number of hydrogen-bond acceptors (Lipinski definition) is 4. The number of fused-ring (bicyclic) bond motifs is 1. The first kappa shape index (κ1) is 8.55. The Hall–Kier alpha value is -2.04. The normalized spacial score (nSPS) is 12.1. The Morgan fingerprint density at radius 2 is 2.29 bits per heavy atom. The first-order valence-electron chi connectivity index (χ1n) is 4.11. The van der Waals surface area contributed by atoms with E-state index in [1.165, 1.54) is 0 Å². The smallest absolute Gasteiger partial charge is 0.167 e. The second-order valence-corrected chi connectivity index (χ2v) is 2.89. The summed E-state index contributed by atoms with van der Waals surface area (Å²) < 4.78 is 5.05. The zero-order chi connectivity index (χ0) is 9.97. The molecule has 72 valence electrons. The van der Waals surface area contributed by atoms with E-state index in [9.17, 15) is 0 Å². The lowest BCUT2D eigenvalue weighted by atomic mass is 10.2. The van der Waals surface area contributed by atoms with Crippen LogP contribution in [0.15, 0.2) is 33.9 Å². The van der Waals surface area contributed by atoms with Gasteiger partial charge in [-0.2, -0.15) is 0 Å². The Morgan fingerprint density at radius 3 is 3.07 bits per heavy atom. The Kier molecular flexibility index (Phi) is 2.06. The lowest BCUT2D eigenvalue weighted by molar-refractivity contribution is 0.317. The number of aromatic nitrogens is 1. The largest absolute Gasteiger partial charge is 0.409 e. The van der Waals surface area contributed by atoms with Gasteiger partial charge in [0.05, 0.1) is 12.1 Å². The summed E-state index contributed by atoms with van der Waals surface area (Å²) in [5, 5.41) is 16.0. The van der Waals surface area contributed by atoms with Gasteiger partial charge >= 0.3 is 0 Å². The van der Waals surface area contributed by atoms with Gasteiger partial charge in [-0.15, -0.1) is 0 Å². The summed E-state index contributed by atoms with van der Waals surface area (Å²) in [6.45, 7) is 0. The number of para-hydroxylation sites is 1. The van der Waals surface area contributed by atoms with Crippen LogP contribution in [0.1, 0.15) is 5.69 Å². The van der Waals surface area contributed by atoms with Crippen molar-refractivity contribution in [2.75, 3.05) is 0 Å². The average Bonchev–Trinajstić information content (AvgIpc) is 2.62. The Bertz CT molecular complexity index is 476. The maximum Gasteiger partial charge on any atom is 0.167 e. The van der Waals surface area contributed by atoms with E-state index in [4.69, 9.17) is 15.5 Å². The lowest BCUT2D eigenvalue weighted by Crippen LogP contribution is -2.14. The topological polar surface area (TPSA) is 84.6 Å². The molecule has 2 rings (SSSR count). The highest BCUT2D eigenvalue weighted by Gasteiger charge is 2.08. The second kappa shape index (κ2) is 3.37. The van der Waals surface area contributed by atoms with Gasteiger partial charge in [-0.05, 0) is 12.1 Å². The SMILES string of the molecule is N/C(Cc1noc2ccccc12)=N\O. The molecule has 0 bridgehead atoms. The summed E-state index contributed by atoms with van der Waals surface area (Å²) in [5.41, 5.74) is 6.75. The number of benzene rings is 1. The van der Waals surface area contributed by atoms with Crippen molar-refractivity contribution in [3.05, 3.63) is 30.0 Å². The number of oxime groups is 1. The van der Waals surface area contributed by atoms with Crippen molar-refractivity contribution in [1.29, 1.82) is 0 Å². The minimum atomic E-state index is 0.115. The highest BCUT2D eigenvalue weighted by molar-refractivity contribution is 5.87. The van der Waals surface area contributed by atoms with Crippen LogP contribution in [-0.2, 0) is 6.42 Å². The van der Waals surface area contributed by atoms with Crippen LogP contribution in [0, 0.1) is 0 Å². The van der Waals surface area contributed by atoms with Crippen LogP contribution < -0.4 is 5.73 Å². The summed E-state index contributed by atoms with van der Waals surface area (Å²) in [5.74, 6) is 0.115. The van der Waals surface area contributed by atoms with Crippen molar-refractivity contribution in [3.8, 4) is 0 Å². The van der Waals surface area contributed by atoms with Crippen molar-refractivity contribution < 1.29 is 9.73 Å². The zero-order valence-corrected chi connectivity index (χ0v) is 7.34. The second-order valence-electron chi connectivity index (χ2n) is 2.89. The van der Waals surface area contributed by atoms with Crippen molar-refractivity contribution in [3.63, 3.8) is 0 Å². The van der Waals surface area contributed by atoms with E-state index in [1.807, 2.05) is 24.3 Å². The number of hydrogen-bond donors (Lipinski definition) is 2. The van der Waals surface area contributed by atoms with Gasteiger partial charge in [0.15, 0.2) is 5.58 Å². The van der Waals surface area contributed by atoms with Gasteiger partial charge in [-0.25, -0.2) is 0 Å². The molecular formula is C9H9N3O2. The molecular weight excluding hydrogens is 182 g/mol. The van der Waals surface area contributed by atoms with Gasteiger partial charge in [0.1, 0.15) is 5.84 Å². The molecule has 0 fully saturated rings. The minimum absolute atomic E-state index is 0.115. The molecule has 1 heterocycles. The van der Waals surface area contributed by atoms with E-state index >= 15 is 0 Å². The van der Waals surface area contributed by atoms with E-state index in [0.29, 0.717) is 11.3 Å². The molecule has 5 nitrogen and oxygen atoms in total. The molecule has 1 aromatic heterocycles. The molecule has 0 spiro atoms. The fourth-order valence-electron chi connectivity index (χ4n) is 1.27. The lowest BCUT2D eigenvalue weighted by Gasteiger charge is -1.93. The van der Waals surface area contributed by atoms with Gasteiger partial charge in [0.25, 0.3) is 0 Å². The fraction of sp³-hybridized carbons (Fsp3) is 0.111. The Morgan fingerprint density at radius 1 is 1.50 bits per heavy atom. The van der Waals surface area contributed by atoms with Gasteiger partial charge in [-0.1, -0.05) is 22.4 Å². The molecule has 0 aliphatic heterocycles. The predicted molar refractivity (Wildman–Crippen MR) is 51.1 cm³/mol. The molecule has 0 aliphatic rings. The quantitative estimate of drug-likeness (QED) is 0.322. The fourth-order valence-corrected chi connectivity index (χ4v) is 1.27. The van der Waals surface area contributed by atoms with Crippen LogP contribution in [0.2, 0.25) is 0 Å². The Balaban J connectivity index is 2.43. The molecule has 14 heavy (non-hydrogen) atoms. The molecule has 3 N–H and O–H groups in total. The van der Waals surface area contributed by atoms with Crippen LogP contribution in [0.5, 0.6) is 0 Å². The van der Waals surface area contributed by atoms with E-state index in [1.54, 1.807) is 0 Å². The summed E-state index contributed by atoms with van der Waals surface area (Å²) in [6.07, 6.45) is 0.285. The Labute approximate surface area is 79.8 Å². The predicted octanol–water partition coefficient (Wildman–Crippen LogP) is 1.12. The highest BCUT2D eigenvalue weighted by Crippen LogP contribution is 2.17. The third-order valence-corrected chi connectivity index (χ3v) is 1.93. The summed E-state index contributed by atoms with van der Waals surface area (Å²) in [6, 6.07) is 7.44. The number of amidine groups is 1. The van der Waals surface area contributed by atoms with E-state index in [-0.39, 0.29) is 12.3 Å². The molecule has 1 aromatic carbocycles. The average molecular weight is 191 g/mol. The number of nitrogens with zero attached hydrogens (tertiary/aromatic N) is 2. The van der Waals surface area contributed by atoms with E-state index < -0.39 is 0 Å². The van der Waals surface area contributed by atoms with Crippen molar-refractivity contribution in [1.82, 2.24) is 5.16 Å². The summed E-state index contributed by atoms with van der Waals surface area (Å²) in [4.78, 5) is 0. The number of rotatable bonds is 2. The van der Waals surface area contributed by atoms with Crippen molar-refractivity contribution in [2.45, 2.75) is 6.42 Å². The summed E-state index contributed by atoms with van der Waals surface area (Å²) in [7, 11) is 0. The molecule has 0 aliphatic carbocycles. The van der Waals surface area contributed by atoms with Crippen LogP contribution in [0.4, 0.5) is 0 Å². The standard InChI is InChI=1S/C9H9N3O2/c10-9(11-13)5-7-6-3-1-2-4-8(6)14-12-7/h1-4,13H,5H2,(H2,10,11). The van der Waals surface area contributed by atoms with Gasteiger partial charge < -0.3 is 15.5 Å². The maximum atomic E-state index is 8.41. The molecule has 0 saturated heterocycles. The molecule has 0 saturated carbocycles. The molecule has 0 amide bonds. The van der Waals surface area contributed by atoms with Gasteiger partial charge in [0, 0.05) is 5.39 Å². The van der Waals surface area contributed by atoms with Crippen molar-refractivity contribution in [2.24, 2.45) is 10.9 Å². The summed E-state index contributed by atoms with van der Waals surface area (Å²) >= 11 is 0. The molecule has 0 unspecified atom stereocenters.